The van der Waals surface area contributed by atoms with Gasteiger partial charge in [-0.15, -0.1) is 0 Å². The van der Waals surface area contributed by atoms with Crippen LogP contribution in [0, 0.1) is 5.92 Å². The molecule has 1 aromatic heterocycles. The number of amides is 1. The van der Waals surface area contributed by atoms with Gasteiger partial charge < -0.3 is 9.64 Å². The molecule has 0 saturated heterocycles. The molecule has 1 amide bonds. The molecule has 0 bridgehead atoms. The van der Waals surface area contributed by atoms with Crippen LogP contribution in [-0.2, 0) is 18.3 Å². The van der Waals surface area contributed by atoms with E-state index in [9.17, 15) is 4.79 Å². The van der Waals surface area contributed by atoms with Crippen LogP contribution in [0.3, 0.4) is 0 Å². The van der Waals surface area contributed by atoms with Crippen molar-refractivity contribution >= 4 is 11.6 Å². The second kappa shape index (κ2) is 6.90. The van der Waals surface area contributed by atoms with Gasteiger partial charge in [-0.05, 0) is 37.8 Å². The van der Waals surface area contributed by atoms with Crippen LogP contribution in [0.5, 0.6) is 5.75 Å². The van der Waals surface area contributed by atoms with Gasteiger partial charge in [-0.2, -0.15) is 5.10 Å². The van der Waals surface area contributed by atoms with Gasteiger partial charge >= 0.3 is 0 Å². The van der Waals surface area contributed by atoms with E-state index >= 15 is 0 Å². The van der Waals surface area contributed by atoms with Crippen molar-refractivity contribution in [3.05, 3.63) is 30.1 Å². The molecule has 0 N–H and O–H groups in total. The maximum atomic E-state index is 12.2. The molecular formula is C20H27N3O2. The average Bonchev–Trinajstić information content (AvgIpc) is 2.97. The van der Waals surface area contributed by atoms with Crippen molar-refractivity contribution in [1.82, 2.24) is 9.78 Å². The average molecular weight is 341 g/mol. The summed E-state index contributed by atoms with van der Waals surface area (Å²) >= 11 is 0. The van der Waals surface area contributed by atoms with E-state index in [-0.39, 0.29) is 11.9 Å². The summed E-state index contributed by atoms with van der Waals surface area (Å²) < 4.78 is 8.05. The van der Waals surface area contributed by atoms with Gasteiger partial charge in [-0.25, -0.2) is 0 Å². The summed E-state index contributed by atoms with van der Waals surface area (Å²) in [4.78, 5) is 14.1. The highest BCUT2D eigenvalue weighted by molar-refractivity contribution is 5.95. The van der Waals surface area contributed by atoms with Crippen LogP contribution in [0.1, 0.15) is 39.7 Å². The molecule has 0 fully saturated rings. The minimum absolute atomic E-state index is 0.0809. The maximum Gasteiger partial charge on any atom is 0.224 e. The Morgan fingerprint density at radius 3 is 2.76 bits per heavy atom. The number of hydrogen-bond donors (Lipinski definition) is 0. The number of aryl methyl sites for hydroxylation is 1. The molecule has 2 aromatic rings. The Labute approximate surface area is 149 Å². The van der Waals surface area contributed by atoms with Gasteiger partial charge in [-0.1, -0.05) is 13.8 Å². The first-order valence-corrected chi connectivity index (χ1v) is 8.96. The third kappa shape index (κ3) is 3.41. The Morgan fingerprint density at radius 1 is 1.40 bits per heavy atom. The Kier molecular flexibility index (Phi) is 4.84. The summed E-state index contributed by atoms with van der Waals surface area (Å²) in [6, 6.07) is 4.32. The fourth-order valence-corrected chi connectivity index (χ4v) is 3.49. The predicted molar refractivity (Wildman–Crippen MR) is 99.9 cm³/mol. The summed E-state index contributed by atoms with van der Waals surface area (Å²) in [6.45, 7) is 8.68. The zero-order valence-electron chi connectivity index (χ0n) is 15.7. The normalized spacial score (nSPS) is 16.9. The number of benzene rings is 1. The molecule has 1 aliphatic rings. The van der Waals surface area contributed by atoms with E-state index in [4.69, 9.17) is 4.74 Å². The summed E-state index contributed by atoms with van der Waals surface area (Å²) in [6.07, 6.45) is 5.72. The van der Waals surface area contributed by atoms with Crippen molar-refractivity contribution in [2.75, 3.05) is 11.5 Å². The molecule has 1 aromatic carbocycles. The van der Waals surface area contributed by atoms with Gasteiger partial charge in [0.25, 0.3) is 0 Å². The number of carbonyl (C=O) groups is 1. The first kappa shape index (κ1) is 17.5. The predicted octanol–water partition coefficient (Wildman–Crippen LogP) is 3.81. The fraction of sp³-hybridized carbons (Fsp3) is 0.500. The first-order valence-electron chi connectivity index (χ1n) is 8.96. The molecule has 0 aliphatic carbocycles. The zero-order valence-corrected chi connectivity index (χ0v) is 15.7. The van der Waals surface area contributed by atoms with E-state index < -0.39 is 0 Å². The number of ether oxygens (including phenoxy) is 1. The quantitative estimate of drug-likeness (QED) is 0.849. The molecule has 3 rings (SSSR count). The van der Waals surface area contributed by atoms with Crippen molar-refractivity contribution in [2.24, 2.45) is 13.0 Å². The monoisotopic (exact) mass is 341 g/mol. The van der Waals surface area contributed by atoms with Crippen molar-refractivity contribution in [1.29, 1.82) is 0 Å². The molecule has 0 saturated carbocycles. The number of aromatic nitrogens is 2. The summed E-state index contributed by atoms with van der Waals surface area (Å²) in [5.74, 6) is 1.42. The number of anilines is 1. The van der Waals surface area contributed by atoms with E-state index in [1.54, 1.807) is 11.6 Å². The first-order chi connectivity index (χ1) is 11.9. The number of carbonyl (C=O) groups excluding carboxylic acids is 1. The number of hydrogen-bond acceptors (Lipinski definition) is 3. The lowest BCUT2D eigenvalue weighted by Gasteiger charge is -2.36. The van der Waals surface area contributed by atoms with Crippen LogP contribution < -0.4 is 9.64 Å². The number of rotatable bonds is 4. The Bertz CT molecular complexity index is 779. The van der Waals surface area contributed by atoms with Gasteiger partial charge in [0.15, 0.2) is 0 Å². The lowest BCUT2D eigenvalue weighted by molar-refractivity contribution is -0.117. The molecule has 1 atom stereocenters. The van der Waals surface area contributed by atoms with E-state index in [1.807, 2.05) is 24.3 Å². The molecule has 1 unspecified atom stereocenters. The SMILES string of the molecule is CC(=O)N1c2ccc(-c3cnn(C)c3)c(OCC(C)C)c2CCC1C. The van der Waals surface area contributed by atoms with Crippen molar-refractivity contribution < 1.29 is 9.53 Å². The van der Waals surface area contributed by atoms with Gasteiger partial charge in [0.2, 0.25) is 5.91 Å². The summed E-state index contributed by atoms with van der Waals surface area (Å²) in [7, 11) is 1.91. The fourth-order valence-electron chi connectivity index (χ4n) is 3.49. The highest BCUT2D eigenvalue weighted by Gasteiger charge is 2.30. The summed E-state index contributed by atoms with van der Waals surface area (Å²) in [5.41, 5.74) is 4.20. The number of nitrogens with zero attached hydrogens (tertiary/aromatic N) is 3. The standard InChI is InChI=1S/C20H27N3O2/c1-13(2)12-25-20-17(16-10-21-22(5)11-16)8-9-19-18(20)7-6-14(3)23(19)15(4)24/h8-11,13-14H,6-7,12H2,1-5H3. The minimum atomic E-state index is 0.0809. The van der Waals surface area contributed by atoms with Crippen LogP contribution in [0.4, 0.5) is 5.69 Å². The Morgan fingerprint density at radius 2 is 2.16 bits per heavy atom. The topological polar surface area (TPSA) is 47.4 Å². The third-order valence-electron chi connectivity index (χ3n) is 4.66. The highest BCUT2D eigenvalue weighted by Crippen LogP contribution is 2.43. The minimum Gasteiger partial charge on any atom is -0.492 e. The molecule has 2 heterocycles. The van der Waals surface area contributed by atoms with Crippen molar-refractivity contribution in [3.8, 4) is 16.9 Å². The third-order valence-corrected chi connectivity index (χ3v) is 4.66. The summed E-state index contributed by atoms with van der Waals surface area (Å²) in [5, 5.41) is 4.29. The molecule has 0 spiro atoms. The molecule has 5 nitrogen and oxygen atoms in total. The van der Waals surface area contributed by atoms with E-state index in [2.05, 4.69) is 38.0 Å². The van der Waals surface area contributed by atoms with Crippen LogP contribution >= 0.6 is 0 Å². The van der Waals surface area contributed by atoms with Crippen LogP contribution in [0.15, 0.2) is 24.5 Å². The number of fused-ring (bicyclic) bond motifs is 1. The zero-order chi connectivity index (χ0) is 18.1. The largest absolute Gasteiger partial charge is 0.492 e. The lowest BCUT2D eigenvalue weighted by Crippen LogP contribution is -2.40. The van der Waals surface area contributed by atoms with Crippen molar-refractivity contribution in [2.45, 2.75) is 46.6 Å². The van der Waals surface area contributed by atoms with E-state index in [0.717, 1.165) is 41.0 Å². The van der Waals surface area contributed by atoms with E-state index in [0.29, 0.717) is 12.5 Å². The van der Waals surface area contributed by atoms with Crippen molar-refractivity contribution in [3.63, 3.8) is 0 Å². The van der Waals surface area contributed by atoms with E-state index in [1.165, 1.54) is 0 Å². The molecule has 1 aliphatic heterocycles. The second-order valence-electron chi connectivity index (χ2n) is 7.32. The lowest BCUT2D eigenvalue weighted by atomic mass is 9.92. The second-order valence-corrected chi connectivity index (χ2v) is 7.32. The Balaban J connectivity index is 2.13. The van der Waals surface area contributed by atoms with Crippen LogP contribution in [0.2, 0.25) is 0 Å². The molecule has 0 radical (unpaired) electrons. The highest BCUT2D eigenvalue weighted by atomic mass is 16.5. The van der Waals surface area contributed by atoms with Gasteiger partial charge in [-0.3, -0.25) is 9.48 Å². The van der Waals surface area contributed by atoms with Crippen LogP contribution in [0.25, 0.3) is 11.1 Å². The van der Waals surface area contributed by atoms with Crippen LogP contribution in [-0.4, -0.2) is 28.3 Å². The molecule has 5 heteroatoms. The molecule has 25 heavy (non-hydrogen) atoms. The van der Waals surface area contributed by atoms with Gasteiger partial charge in [0, 0.05) is 42.9 Å². The molecule has 134 valence electrons. The molecular weight excluding hydrogens is 314 g/mol. The van der Waals surface area contributed by atoms with Gasteiger partial charge in [0.1, 0.15) is 5.75 Å². The Hall–Kier alpha value is -2.30. The maximum absolute atomic E-state index is 12.2. The smallest absolute Gasteiger partial charge is 0.224 e. The van der Waals surface area contributed by atoms with Gasteiger partial charge in [0.05, 0.1) is 18.5 Å².